The molecule has 0 unspecified atom stereocenters. The topological polar surface area (TPSA) is 85.8 Å². The van der Waals surface area contributed by atoms with E-state index in [1.165, 1.54) is 0 Å². The maximum Gasteiger partial charge on any atom is 0.253 e. The number of nitrogens with zero attached hydrogens (tertiary/aromatic N) is 3. The van der Waals surface area contributed by atoms with E-state index in [4.69, 9.17) is 5.73 Å². The molecule has 0 aliphatic carbocycles. The first-order valence-electron chi connectivity index (χ1n) is 6.05. The van der Waals surface area contributed by atoms with Crippen molar-refractivity contribution in [2.45, 2.75) is 13.3 Å². The Morgan fingerprint density at radius 2 is 2.32 bits per heavy atom. The van der Waals surface area contributed by atoms with Gasteiger partial charge in [-0.05, 0) is 19.1 Å². The number of nitrogen functional groups attached to an aromatic ring is 1. The molecule has 2 aromatic heterocycles. The summed E-state index contributed by atoms with van der Waals surface area (Å²) in [6, 6.07) is 3.57. The molecule has 3 N–H and O–H groups in total. The highest BCUT2D eigenvalue weighted by atomic mass is 16.1. The minimum Gasteiger partial charge on any atom is -0.397 e. The molecular formula is C13H17N5O. The Bertz CT molecular complexity index is 590. The molecule has 0 atom stereocenters. The third kappa shape index (κ3) is 3.09. The van der Waals surface area contributed by atoms with Crippen LogP contribution in [0.1, 0.15) is 21.7 Å². The molecule has 2 rings (SSSR count). The van der Waals surface area contributed by atoms with Crippen LogP contribution in [-0.4, -0.2) is 27.2 Å². The second kappa shape index (κ2) is 5.51. The predicted octanol–water partition coefficient (Wildman–Crippen LogP) is 0.678. The molecule has 2 aromatic rings. The van der Waals surface area contributed by atoms with Crippen LogP contribution in [0.4, 0.5) is 5.69 Å². The number of aromatic nitrogens is 3. The number of aryl methyl sites for hydroxylation is 2. The Balaban J connectivity index is 1.94. The van der Waals surface area contributed by atoms with Crippen molar-refractivity contribution >= 4 is 11.6 Å². The number of amides is 1. The van der Waals surface area contributed by atoms with Gasteiger partial charge in [0.2, 0.25) is 0 Å². The maximum atomic E-state index is 12.0. The minimum atomic E-state index is -0.153. The Labute approximate surface area is 111 Å². The number of hydrogen-bond donors (Lipinski definition) is 2. The van der Waals surface area contributed by atoms with Crippen molar-refractivity contribution in [2.75, 3.05) is 12.3 Å². The number of nitrogens with one attached hydrogen (secondary N) is 1. The van der Waals surface area contributed by atoms with E-state index >= 15 is 0 Å². The van der Waals surface area contributed by atoms with Gasteiger partial charge in [-0.15, -0.1) is 0 Å². The van der Waals surface area contributed by atoms with Gasteiger partial charge in [0.05, 0.1) is 23.1 Å². The first-order valence-corrected chi connectivity index (χ1v) is 6.05. The molecule has 0 aliphatic rings. The number of carbonyl (C=O) groups excluding carboxylic acids is 1. The molecule has 0 fully saturated rings. The van der Waals surface area contributed by atoms with Crippen molar-refractivity contribution in [1.29, 1.82) is 0 Å². The average molecular weight is 259 g/mol. The highest BCUT2D eigenvalue weighted by molar-refractivity contribution is 5.95. The molecule has 6 nitrogen and oxygen atoms in total. The van der Waals surface area contributed by atoms with Crippen LogP contribution in [0.25, 0.3) is 0 Å². The maximum absolute atomic E-state index is 12.0. The van der Waals surface area contributed by atoms with Gasteiger partial charge in [0.15, 0.2) is 0 Å². The van der Waals surface area contributed by atoms with Gasteiger partial charge in [-0.3, -0.25) is 14.5 Å². The van der Waals surface area contributed by atoms with E-state index in [-0.39, 0.29) is 5.91 Å². The molecule has 6 heteroatoms. The molecule has 0 aliphatic heterocycles. The fraction of sp³-hybridized carbons (Fsp3) is 0.308. The van der Waals surface area contributed by atoms with Crippen LogP contribution in [0.15, 0.2) is 24.5 Å². The molecular weight excluding hydrogens is 242 g/mol. The monoisotopic (exact) mass is 259 g/mol. The molecule has 1 amide bonds. The highest BCUT2D eigenvalue weighted by Crippen LogP contribution is 2.09. The smallest absolute Gasteiger partial charge is 0.253 e. The van der Waals surface area contributed by atoms with Crippen molar-refractivity contribution in [3.8, 4) is 0 Å². The fourth-order valence-electron chi connectivity index (χ4n) is 1.82. The SMILES string of the molecule is Cc1ncc(N)cc1C(=O)NCCc1ccnn1C. The van der Waals surface area contributed by atoms with Crippen LogP contribution < -0.4 is 11.1 Å². The normalized spacial score (nSPS) is 10.4. The van der Waals surface area contributed by atoms with E-state index in [1.54, 1.807) is 30.1 Å². The number of hydrogen-bond acceptors (Lipinski definition) is 4. The molecule has 100 valence electrons. The molecule has 0 aromatic carbocycles. The first kappa shape index (κ1) is 13.1. The quantitative estimate of drug-likeness (QED) is 0.845. The minimum absolute atomic E-state index is 0.153. The van der Waals surface area contributed by atoms with Crippen molar-refractivity contribution in [2.24, 2.45) is 7.05 Å². The second-order valence-corrected chi connectivity index (χ2v) is 4.35. The molecule has 19 heavy (non-hydrogen) atoms. The van der Waals surface area contributed by atoms with Crippen LogP contribution in [0.3, 0.4) is 0 Å². The largest absolute Gasteiger partial charge is 0.397 e. The van der Waals surface area contributed by atoms with Gasteiger partial charge < -0.3 is 11.1 Å². The molecule has 0 spiro atoms. The van der Waals surface area contributed by atoms with Crippen LogP contribution >= 0.6 is 0 Å². The molecule has 0 radical (unpaired) electrons. The van der Waals surface area contributed by atoms with Gasteiger partial charge in [-0.2, -0.15) is 5.10 Å². The van der Waals surface area contributed by atoms with Gasteiger partial charge in [0.25, 0.3) is 5.91 Å². The summed E-state index contributed by atoms with van der Waals surface area (Å²) in [5, 5.41) is 6.93. The van der Waals surface area contributed by atoms with E-state index in [0.717, 1.165) is 12.1 Å². The van der Waals surface area contributed by atoms with E-state index in [0.29, 0.717) is 23.5 Å². The summed E-state index contributed by atoms with van der Waals surface area (Å²) < 4.78 is 1.79. The van der Waals surface area contributed by atoms with Crippen LogP contribution in [0.5, 0.6) is 0 Å². The summed E-state index contributed by atoms with van der Waals surface area (Å²) in [6.07, 6.45) is 4.02. The van der Waals surface area contributed by atoms with Gasteiger partial charge in [0.1, 0.15) is 0 Å². The van der Waals surface area contributed by atoms with Crippen molar-refractivity contribution < 1.29 is 4.79 Å². The molecule has 0 saturated carbocycles. The summed E-state index contributed by atoms with van der Waals surface area (Å²) in [4.78, 5) is 16.1. The van der Waals surface area contributed by atoms with Crippen LogP contribution in [0, 0.1) is 6.92 Å². The Morgan fingerprint density at radius 3 is 3.00 bits per heavy atom. The van der Waals surface area contributed by atoms with Gasteiger partial charge in [0, 0.05) is 31.9 Å². The third-order valence-electron chi connectivity index (χ3n) is 2.94. The van der Waals surface area contributed by atoms with Crippen LogP contribution in [-0.2, 0) is 13.5 Å². The third-order valence-corrected chi connectivity index (χ3v) is 2.94. The summed E-state index contributed by atoms with van der Waals surface area (Å²) >= 11 is 0. The van der Waals surface area contributed by atoms with E-state index in [2.05, 4.69) is 15.4 Å². The fourth-order valence-corrected chi connectivity index (χ4v) is 1.82. The lowest BCUT2D eigenvalue weighted by molar-refractivity contribution is 0.0953. The van der Waals surface area contributed by atoms with E-state index < -0.39 is 0 Å². The number of rotatable bonds is 4. The zero-order valence-corrected chi connectivity index (χ0v) is 11.1. The highest BCUT2D eigenvalue weighted by Gasteiger charge is 2.10. The lowest BCUT2D eigenvalue weighted by Crippen LogP contribution is -2.27. The van der Waals surface area contributed by atoms with E-state index in [9.17, 15) is 4.79 Å². The van der Waals surface area contributed by atoms with Gasteiger partial charge >= 0.3 is 0 Å². The van der Waals surface area contributed by atoms with Crippen LogP contribution in [0.2, 0.25) is 0 Å². The Morgan fingerprint density at radius 1 is 1.53 bits per heavy atom. The average Bonchev–Trinajstić information content (AvgIpc) is 2.78. The molecule has 0 saturated heterocycles. The van der Waals surface area contributed by atoms with Crippen molar-refractivity contribution in [3.05, 3.63) is 41.5 Å². The number of carbonyl (C=O) groups is 1. The summed E-state index contributed by atoms with van der Waals surface area (Å²) in [5.74, 6) is -0.153. The Kier molecular flexibility index (Phi) is 3.79. The zero-order valence-electron chi connectivity index (χ0n) is 11.1. The van der Waals surface area contributed by atoms with E-state index in [1.807, 2.05) is 13.1 Å². The lowest BCUT2D eigenvalue weighted by Gasteiger charge is -2.08. The number of pyridine rings is 1. The van der Waals surface area contributed by atoms with Crippen molar-refractivity contribution in [1.82, 2.24) is 20.1 Å². The van der Waals surface area contributed by atoms with Gasteiger partial charge in [-0.1, -0.05) is 0 Å². The summed E-state index contributed by atoms with van der Waals surface area (Å²) in [6.45, 7) is 2.34. The van der Waals surface area contributed by atoms with Crippen molar-refractivity contribution in [3.63, 3.8) is 0 Å². The second-order valence-electron chi connectivity index (χ2n) is 4.35. The standard InChI is InChI=1S/C13H17N5O/c1-9-12(7-10(14)8-16-9)13(19)15-5-3-11-4-6-17-18(11)2/h4,6-8H,3,5,14H2,1-2H3,(H,15,19). The predicted molar refractivity (Wildman–Crippen MR) is 72.6 cm³/mol. The molecule has 0 bridgehead atoms. The molecule has 2 heterocycles. The summed E-state index contributed by atoms with van der Waals surface area (Å²) in [5.41, 5.74) is 8.39. The first-order chi connectivity index (χ1) is 9.08. The lowest BCUT2D eigenvalue weighted by atomic mass is 10.2. The van der Waals surface area contributed by atoms with Gasteiger partial charge in [-0.25, -0.2) is 0 Å². The Hall–Kier alpha value is -2.37. The number of anilines is 1. The zero-order chi connectivity index (χ0) is 13.8. The number of nitrogens with two attached hydrogens (primary N) is 1. The summed E-state index contributed by atoms with van der Waals surface area (Å²) in [7, 11) is 1.88.